The topological polar surface area (TPSA) is 17.8 Å². The Bertz CT molecular complexity index is 173. The summed E-state index contributed by atoms with van der Waals surface area (Å²) in [4.78, 5) is 0.951. The third kappa shape index (κ3) is 0.733. The van der Waals surface area contributed by atoms with E-state index in [0.717, 1.165) is 10.6 Å². The molecule has 0 aliphatic carbocycles. The highest BCUT2D eigenvalue weighted by atomic mass is 32.1. The number of hydrogen-bond donors (Lipinski definition) is 1. The normalized spacial score (nSPS) is 9.88. The summed E-state index contributed by atoms with van der Waals surface area (Å²) in [5.41, 5.74) is 1.10. The van der Waals surface area contributed by atoms with Crippen molar-refractivity contribution in [2.24, 2.45) is 7.05 Å². The molecule has 0 N–H and O–H groups in total. The minimum absolute atomic E-state index is 0.951. The van der Waals surface area contributed by atoms with Crippen molar-refractivity contribution in [3.05, 3.63) is 11.9 Å². The Kier molecular flexibility index (Phi) is 1.29. The lowest BCUT2D eigenvalue weighted by Gasteiger charge is -1.90. The van der Waals surface area contributed by atoms with Gasteiger partial charge in [-0.15, -0.1) is 12.6 Å². The summed E-state index contributed by atoms with van der Waals surface area (Å²) in [5.74, 6) is 0. The van der Waals surface area contributed by atoms with E-state index in [-0.39, 0.29) is 0 Å². The first-order valence-electron chi connectivity index (χ1n) is 2.39. The summed E-state index contributed by atoms with van der Waals surface area (Å²) < 4.78 is 1.79. The van der Waals surface area contributed by atoms with Crippen LogP contribution in [-0.2, 0) is 7.05 Å². The smallest absolute Gasteiger partial charge is 0.0626 e. The van der Waals surface area contributed by atoms with Crippen LogP contribution in [0.1, 0.15) is 5.69 Å². The molecule has 0 spiro atoms. The van der Waals surface area contributed by atoms with E-state index in [1.807, 2.05) is 14.0 Å². The molecular weight excluding hydrogens is 120 g/mol. The van der Waals surface area contributed by atoms with Crippen molar-refractivity contribution in [3.63, 3.8) is 0 Å². The lowest BCUT2D eigenvalue weighted by atomic mass is 10.5. The highest BCUT2D eigenvalue weighted by molar-refractivity contribution is 7.80. The van der Waals surface area contributed by atoms with Gasteiger partial charge in [-0.3, -0.25) is 4.68 Å². The molecule has 0 fully saturated rings. The predicted octanol–water partition coefficient (Wildman–Crippen LogP) is 1.02. The van der Waals surface area contributed by atoms with Gasteiger partial charge in [0.25, 0.3) is 0 Å². The Morgan fingerprint density at radius 1 is 1.75 bits per heavy atom. The first kappa shape index (κ1) is 5.69. The van der Waals surface area contributed by atoms with Crippen molar-refractivity contribution < 1.29 is 0 Å². The van der Waals surface area contributed by atoms with Crippen molar-refractivity contribution in [1.82, 2.24) is 9.78 Å². The molecular formula is C5H8N2S. The Labute approximate surface area is 53.9 Å². The number of nitrogens with zero attached hydrogens (tertiary/aromatic N) is 2. The molecule has 0 amide bonds. The Morgan fingerprint density at radius 3 is 2.50 bits per heavy atom. The van der Waals surface area contributed by atoms with Gasteiger partial charge in [0.05, 0.1) is 6.20 Å². The summed E-state index contributed by atoms with van der Waals surface area (Å²) in [5, 5.41) is 3.96. The lowest BCUT2D eigenvalue weighted by Crippen LogP contribution is -1.91. The first-order valence-corrected chi connectivity index (χ1v) is 2.84. The fourth-order valence-corrected chi connectivity index (χ4v) is 0.683. The molecule has 0 saturated heterocycles. The molecule has 1 heterocycles. The zero-order valence-electron chi connectivity index (χ0n) is 4.92. The maximum Gasteiger partial charge on any atom is 0.0626 e. The molecule has 0 unspecified atom stereocenters. The maximum absolute atomic E-state index is 4.14. The summed E-state index contributed by atoms with van der Waals surface area (Å²) in [6.45, 7) is 1.98. The quantitative estimate of drug-likeness (QED) is 0.516. The van der Waals surface area contributed by atoms with Crippen molar-refractivity contribution >= 4 is 12.6 Å². The SMILES string of the molecule is Cc1c(S)cnn1C. The van der Waals surface area contributed by atoms with Crippen LogP contribution in [0.25, 0.3) is 0 Å². The van der Waals surface area contributed by atoms with Crippen LogP contribution in [0.2, 0.25) is 0 Å². The molecule has 44 valence electrons. The van der Waals surface area contributed by atoms with E-state index in [2.05, 4.69) is 17.7 Å². The number of aromatic nitrogens is 2. The minimum atomic E-state index is 0.951. The second-order valence-corrected chi connectivity index (χ2v) is 2.22. The minimum Gasteiger partial charge on any atom is -0.272 e. The van der Waals surface area contributed by atoms with Crippen molar-refractivity contribution in [2.45, 2.75) is 11.8 Å². The first-order chi connectivity index (χ1) is 3.72. The van der Waals surface area contributed by atoms with Crippen LogP contribution in [-0.4, -0.2) is 9.78 Å². The zero-order chi connectivity index (χ0) is 6.15. The van der Waals surface area contributed by atoms with Gasteiger partial charge in [-0.25, -0.2) is 0 Å². The number of hydrogen-bond acceptors (Lipinski definition) is 2. The zero-order valence-corrected chi connectivity index (χ0v) is 5.81. The average molecular weight is 128 g/mol. The summed E-state index contributed by atoms with van der Waals surface area (Å²) >= 11 is 4.14. The fourth-order valence-electron chi connectivity index (χ4n) is 0.487. The van der Waals surface area contributed by atoms with Gasteiger partial charge in [0, 0.05) is 17.6 Å². The summed E-state index contributed by atoms with van der Waals surface area (Å²) in [7, 11) is 1.90. The van der Waals surface area contributed by atoms with Crippen LogP contribution in [0, 0.1) is 6.92 Å². The van der Waals surface area contributed by atoms with E-state index in [0.29, 0.717) is 0 Å². The van der Waals surface area contributed by atoms with E-state index in [9.17, 15) is 0 Å². The van der Waals surface area contributed by atoms with Gasteiger partial charge >= 0.3 is 0 Å². The van der Waals surface area contributed by atoms with Crippen LogP contribution in [0.5, 0.6) is 0 Å². The lowest BCUT2D eigenvalue weighted by molar-refractivity contribution is 0.737. The third-order valence-corrected chi connectivity index (χ3v) is 1.65. The molecule has 0 atom stereocenters. The van der Waals surface area contributed by atoms with Gasteiger partial charge in [-0.2, -0.15) is 5.10 Å². The van der Waals surface area contributed by atoms with E-state index >= 15 is 0 Å². The molecule has 0 radical (unpaired) electrons. The largest absolute Gasteiger partial charge is 0.272 e. The molecule has 0 saturated carbocycles. The molecule has 0 aliphatic heterocycles. The molecule has 1 aromatic heterocycles. The molecule has 8 heavy (non-hydrogen) atoms. The van der Waals surface area contributed by atoms with Crippen molar-refractivity contribution in [1.29, 1.82) is 0 Å². The highest BCUT2D eigenvalue weighted by Crippen LogP contribution is 2.08. The predicted molar refractivity (Wildman–Crippen MR) is 35.2 cm³/mol. The Hall–Kier alpha value is -0.440. The second kappa shape index (κ2) is 1.82. The standard InChI is InChI=1S/C5H8N2S/c1-4-5(8)3-6-7(4)2/h3,8H,1-2H3. The van der Waals surface area contributed by atoms with Gasteiger partial charge < -0.3 is 0 Å². The molecule has 2 nitrogen and oxygen atoms in total. The number of aryl methyl sites for hydroxylation is 1. The van der Waals surface area contributed by atoms with Crippen LogP contribution in [0.15, 0.2) is 11.1 Å². The van der Waals surface area contributed by atoms with Gasteiger partial charge in [0.2, 0.25) is 0 Å². The fraction of sp³-hybridized carbons (Fsp3) is 0.400. The summed E-state index contributed by atoms with van der Waals surface area (Å²) in [6, 6.07) is 0. The number of thiol groups is 1. The van der Waals surface area contributed by atoms with E-state index in [1.165, 1.54) is 0 Å². The highest BCUT2D eigenvalue weighted by Gasteiger charge is 1.94. The van der Waals surface area contributed by atoms with Gasteiger partial charge in [-0.1, -0.05) is 0 Å². The van der Waals surface area contributed by atoms with Gasteiger partial charge in [0.15, 0.2) is 0 Å². The average Bonchev–Trinajstić information content (AvgIpc) is 1.98. The van der Waals surface area contributed by atoms with Crippen molar-refractivity contribution in [2.75, 3.05) is 0 Å². The van der Waals surface area contributed by atoms with Gasteiger partial charge in [-0.05, 0) is 6.92 Å². The monoisotopic (exact) mass is 128 g/mol. The van der Waals surface area contributed by atoms with E-state index in [4.69, 9.17) is 0 Å². The van der Waals surface area contributed by atoms with Crippen LogP contribution >= 0.6 is 12.6 Å². The molecule has 0 aliphatic rings. The van der Waals surface area contributed by atoms with Crippen molar-refractivity contribution in [3.8, 4) is 0 Å². The maximum atomic E-state index is 4.14. The molecule has 1 aromatic rings. The Morgan fingerprint density at radius 2 is 2.38 bits per heavy atom. The van der Waals surface area contributed by atoms with Gasteiger partial charge in [0.1, 0.15) is 0 Å². The van der Waals surface area contributed by atoms with Crippen LogP contribution in [0.3, 0.4) is 0 Å². The Balaban J connectivity index is 3.19. The van der Waals surface area contributed by atoms with Crippen LogP contribution < -0.4 is 0 Å². The third-order valence-electron chi connectivity index (χ3n) is 1.21. The molecule has 1 rings (SSSR count). The van der Waals surface area contributed by atoms with E-state index in [1.54, 1.807) is 10.9 Å². The molecule has 3 heteroatoms. The second-order valence-electron chi connectivity index (χ2n) is 1.74. The molecule has 0 aromatic carbocycles. The van der Waals surface area contributed by atoms with E-state index < -0.39 is 0 Å². The summed E-state index contributed by atoms with van der Waals surface area (Å²) in [6.07, 6.45) is 1.73. The number of rotatable bonds is 0. The molecule has 0 bridgehead atoms. The van der Waals surface area contributed by atoms with Crippen LogP contribution in [0.4, 0.5) is 0 Å².